The van der Waals surface area contributed by atoms with Gasteiger partial charge in [-0.3, -0.25) is 14.7 Å². The van der Waals surface area contributed by atoms with Crippen LogP contribution in [0.15, 0.2) is 11.3 Å². The Morgan fingerprint density at radius 1 is 1.14 bits per heavy atom. The molecule has 0 aliphatic carbocycles. The largest absolute Gasteiger partial charge is 0.354 e. The van der Waals surface area contributed by atoms with E-state index < -0.39 is 0 Å². The number of hydrogen-bond donors (Lipinski definition) is 1. The third-order valence-electron chi connectivity index (χ3n) is 5.35. The van der Waals surface area contributed by atoms with Gasteiger partial charge in [0.15, 0.2) is 5.96 Å². The topological polar surface area (TPSA) is 81.9 Å². The number of guanidine groups is 1. The van der Waals surface area contributed by atoms with Crippen LogP contribution in [0.25, 0.3) is 0 Å². The minimum atomic E-state index is 0. The number of hydrogen-bond acceptors (Lipinski definition) is 5. The normalized spacial score (nSPS) is 18.3. The summed E-state index contributed by atoms with van der Waals surface area (Å²) in [6, 6.07) is 0. The fraction of sp³-hybridized carbons (Fsp3) is 0.778. The van der Waals surface area contributed by atoms with Crippen molar-refractivity contribution in [2.45, 2.75) is 32.7 Å². The van der Waals surface area contributed by atoms with E-state index in [9.17, 15) is 4.79 Å². The van der Waals surface area contributed by atoms with E-state index in [1.165, 1.54) is 0 Å². The van der Waals surface area contributed by atoms with Gasteiger partial charge < -0.3 is 19.7 Å². The van der Waals surface area contributed by atoms with Crippen molar-refractivity contribution in [3.8, 4) is 0 Å². The predicted molar refractivity (Wildman–Crippen MR) is 120 cm³/mol. The Morgan fingerprint density at radius 2 is 1.86 bits per heavy atom. The van der Waals surface area contributed by atoms with E-state index in [1.54, 1.807) is 6.33 Å². The van der Waals surface area contributed by atoms with Crippen molar-refractivity contribution in [2.24, 2.45) is 4.99 Å². The quantitative estimate of drug-likeness (QED) is 0.341. The zero-order valence-electron chi connectivity index (χ0n) is 17.0. The molecule has 10 heteroatoms. The predicted octanol–water partition coefficient (Wildman–Crippen LogP) is 0.274. The van der Waals surface area contributed by atoms with Crippen molar-refractivity contribution in [3.05, 3.63) is 12.2 Å². The van der Waals surface area contributed by atoms with Crippen LogP contribution in [0.3, 0.4) is 0 Å². The number of aliphatic imine (C=N–C) groups is 1. The third kappa shape index (κ3) is 6.03. The van der Waals surface area contributed by atoms with Gasteiger partial charge in [0, 0.05) is 65.8 Å². The first-order chi connectivity index (χ1) is 13.2. The Kier molecular flexibility index (Phi) is 9.42. The van der Waals surface area contributed by atoms with Crippen LogP contribution in [-0.2, 0) is 17.8 Å². The van der Waals surface area contributed by atoms with E-state index in [2.05, 4.69) is 41.8 Å². The number of halogens is 1. The molecule has 1 amide bonds. The fourth-order valence-electron chi connectivity index (χ4n) is 3.74. The van der Waals surface area contributed by atoms with Crippen molar-refractivity contribution in [2.75, 3.05) is 59.4 Å². The summed E-state index contributed by atoms with van der Waals surface area (Å²) in [5.41, 5.74) is 0. The highest BCUT2D eigenvalue weighted by molar-refractivity contribution is 14.0. The Labute approximate surface area is 184 Å². The molecule has 0 unspecified atom stereocenters. The standard InChI is InChI=1S/C18H32N8O.HI/c1-3-16-22-21-15-26(16)9-6-20-18(19-2)25-12-10-23(11-13-25)14-17(27)24-7-4-5-8-24;/h15H,3-14H2,1-2H3,(H,19,20);1H. The molecule has 2 aliphatic rings. The SMILES string of the molecule is CCc1nncn1CCNC(=NC)N1CCN(CC(=O)N2CCCC2)CC1.I. The van der Waals surface area contributed by atoms with Crippen LogP contribution in [-0.4, -0.2) is 101 Å². The Balaban J connectivity index is 0.00000280. The lowest BCUT2D eigenvalue weighted by atomic mass is 10.3. The summed E-state index contributed by atoms with van der Waals surface area (Å²) in [5, 5.41) is 11.5. The van der Waals surface area contributed by atoms with Crippen LogP contribution in [0.1, 0.15) is 25.6 Å². The zero-order valence-corrected chi connectivity index (χ0v) is 19.3. The molecule has 1 aromatic rings. The monoisotopic (exact) mass is 504 g/mol. The number of amides is 1. The second-order valence-electron chi connectivity index (χ2n) is 7.12. The van der Waals surface area contributed by atoms with E-state index in [0.717, 1.165) is 83.4 Å². The first kappa shape index (κ1) is 22.9. The average molecular weight is 504 g/mol. The number of piperazine rings is 1. The number of carbonyl (C=O) groups excluding carboxylic acids is 1. The number of likely N-dealkylation sites (tertiary alicyclic amines) is 1. The van der Waals surface area contributed by atoms with Gasteiger partial charge in [-0.05, 0) is 12.8 Å². The van der Waals surface area contributed by atoms with Gasteiger partial charge in [0.25, 0.3) is 0 Å². The van der Waals surface area contributed by atoms with Crippen LogP contribution in [0.5, 0.6) is 0 Å². The molecular formula is C18H33IN8O. The summed E-state index contributed by atoms with van der Waals surface area (Å²) >= 11 is 0. The van der Waals surface area contributed by atoms with E-state index in [-0.39, 0.29) is 29.9 Å². The van der Waals surface area contributed by atoms with Crippen molar-refractivity contribution in [3.63, 3.8) is 0 Å². The Morgan fingerprint density at radius 3 is 2.50 bits per heavy atom. The molecule has 1 N–H and O–H groups in total. The van der Waals surface area contributed by atoms with Gasteiger partial charge >= 0.3 is 0 Å². The van der Waals surface area contributed by atoms with Gasteiger partial charge in [-0.2, -0.15) is 0 Å². The van der Waals surface area contributed by atoms with Crippen LogP contribution < -0.4 is 5.32 Å². The van der Waals surface area contributed by atoms with Crippen LogP contribution in [0, 0.1) is 0 Å². The number of nitrogens with one attached hydrogen (secondary N) is 1. The molecular weight excluding hydrogens is 471 g/mol. The lowest BCUT2D eigenvalue weighted by Crippen LogP contribution is -2.54. The summed E-state index contributed by atoms with van der Waals surface area (Å²) < 4.78 is 2.07. The zero-order chi connectivity index (χ0) is 19.1. The van der Waals surface area contributed by atoms with Gasteiger partial charge in [0.2, 0.25) is 5.91 Å². The van der Waals surface area contributed by atoms with Gasteiger partial charge in [-0.25, -0.2) is 0 Å². The van der Waals surface area contributed by atoms with Gasteiger partial charge in [-0.1, -0.05) is 6.92 Å². The molecule has 3 rings (SSSR count). The fourth-order valence-corrected chi connectivity index (χ4v) is 3.74. The number of aryl methyl sites for hydroxylation is 1. The summed E-state index contributed by atoms with van der Waals surface area (Å²) in [6.07, 6.45) is 4.96. The van der Waals surface area contributed by atoms with Crippen molar-refractivity contribution < 1.29 is 4.79 Å². The van der Waals surface area contributed by atoms with E-state index in [0.29, 0.717) is 6.54 Å². The molecule has 0 radical (unpaired) electrons. The molecule has 28 heavy (non-hydrogen) atoms. The smallest absolute Gasteiger partial charge is 0.236 e. The number of aromatic nitrogens is 3. The highest BCUT2D eigenvalue weighted by atomic mass is 127. The molecule has 0 aromatic carbocycles. The minimum Gasteiger partial charge on any atom is -0.354 e. The van der Waals surface area contributed by atoms with Gasteiger partial charge in [0.1, 0.15) is 12.2 Å². The van der Waals surface area contributed by atoms with Crippen LogP contribution in [0.4, 0.5) is 0 Å². The summed E-state index contributed by atoms with van der Waals surface area (Å²) in [6.45, 7) is 9.67. The second kappa shape index (κ2) is 11.5. The summed E-state index contributed by atoms with van der Waals surface area (Å²) in [5.74, 6) is 2.21. The van der Waals surface area contributed by atoms with E-state index >= 15 is 0 Å². The minimum absolute atomic E-state index is 0. The molecule has 2 saturated heterocycles. The molecule has 2 fully saturated rings. The van der Waals surface area contributed by atoms with Gasteiger partial charge in [0.05, 0.1) is 6.54 Å². The van der Waals surface area contributed by atoms with Crippen LogP contribution >= 0.6 is 24.0 Å². The highest BCUT2D eigenvalue weighted by Gasteiger charge is 2.24. The summed E-state index contributed by atoms with van der Waals surface area (Å²) in [7, 11) is 1.82. The molecule has 158 valence electrons. The molecule has 0 spiro atoms. The maximum atomic E-state index is 12.3. The Hall–Kier alpha value is -1.43. The number of rotatable bonds is 6. The Bertz CT molecular complexity index is 635. The summed E-state index contributed by atoms with van der Waals surface area (Å²) in [4.78, 5) is 23.3. The maximum absolute atomic E-state index is 12.3. The molecule has 2 aliphatic heterocycles. The average Bonchev–Trinajstić information content (AvgIpc) is 3.38. The van der Waals surface area contributed by atoms with Crippen LogP contribution in [0.2, 0.25) is 0 Å². The van der Waals surface area contributed by atoms with E-state index in [1.807, 2.05) is 11.9 Å². The molecule has 3 heterocycles. The van der Waals surface area contributed by atoms with Crippen molar-refractivity contribution >= 4 is 35.8 Å². The van der Waals surface area contributed by atoms with Crippen molar-refractivity contribution in [1.82, 2.24) is 34.8 Å². The van der Waals surface area contributed by atoms with Gasteiger partial charge in [-0.15, -0.1) is 34.2 Å². The number of carbonyl (C=O) groups is 1. The lowest BCUT2D eigenvalue weighted by Gasteiger charge is -2.36. The van der Waals surface area contributed by atoms with E-state index in [4.69, 9.17) is 0 Å². The molecule has 9 nitrogen and oxygen atoms in total. The number of nitrogens with zero attached hydrogens (tertiary/aromatic N) is 7. The lowest BCUT2D eigenvalue weighted by molar-refractivity contribution is -0.131. The molecule has 0 bridgehead atoms. The maximum Gasteiger partial charge on any atom is 0.236 e. The first-order valence-electron chi connectivity index (χ1n) is 10.0. The first-order valence-corrected chi connectivity index (χ1v) is 10.0. The second-order valence-corrected chi connectivity index (χ2v) is 7.12. The molecule has 1 aromatic heterocycles. The molecule has 0 saturated carbocycles. The third-order valence-corrected chi connectivity index (χ3v) is 5.35. The molecule has 0 atom stereocenters. The van der Waals surface area contributed by atoms with Crippen molar-refractivity contribution in [1.29, 1.82) is 0 Å². The highest BCUT2D eigenvalue weighted by Crippen LogP contribution is 2.09.